The van der Waals surface area contributed by atoms with Gasteiger partial charge in [0.1, 0.15) is 49.3 Å². The Hall–Kier alpha value is -6.22. The van der Waals surface area contributed by atoms with Crippen LogP contribution in [0.2, 0.25) is 0 Å². The summed E-state index contributed by atoms with van der Waals surface area (Å²) in [5, 5.41) is 84.2. The third-order valence-corrected chi connectivity index (χ3v) is 11.7. The van der Waals surface area contributed by atoms with Gasteiger partial charge in [0, 0.05) is 31.1 Å². The summed E-state index contributed by atoms with van der Waals surface area (Å²) >= 11 is 0. The smallest absolute Gasteiger partial charge is 0.410 e. The first kappa shape index (κ1) is 51.2. The van der Waals surface area contributed by atoms with Gasteiger partial charge in [-0.2, -0.15) is 0 Å². The van der Waals surface area contributed by atoms with Crippen LogP contribution < -0.4 is 0 Å². The Morgan fingerprint density at radius 2 is 1.22 bits per heavy atom. The van der Waals surface area contributed by atoms with Gasteiger partial charge < -0.3 is 68.7 Å². The van der Waals surface area contributed by atoms with E-state index in [0.29, 0.717) is 0 Å². The maximum absolute atomic E-state index is 13.6. The number of hydrogen-bond donors (Lipinski definition) is 6. The molecule has 0 radical (unpaired) electrons. The van der Waals surface area contributed by atoms with Crippen molar-refractivity contribution in [2.45, 2.75) is 136 Å². The van der Waals surface area contributed by atoms with Crippen molar-refractivity contribution in [3.05, 3.63) is 124 Å². The average molecular weight is 953 g/mol. The van der Waals surface area contributed by atoms with Crippen LogP contribution >= 0.6 is 0 Å². The second kappa shape index (κ2) is 24.7. The molecule has 0 unspecified atom stereocenters. The number of azide groups is 5. The van der Waals surface area contributed by atoms with Crippen molar-refractivity contribution >= 4 is 6.09 Å². The van der Waals surface area contributed by atoms with Gasteiger partial charge in [0.05, 0.1) is 68.3 Å². The summed E-state index contributed by atoms with van der Waals surface area (Å²) in [7, 11) is 0. The predicted octanol–water partition coefficient (Wildman–Crippen LogP) is 2.77. The zero-order valence-corrected chi connectivity index (χ0v) is 35.7. The van der Waals surface area contributed by atoms with Crippen molar-refractivity contribution in [3.8, 4) is 0 Å². The first-order valence-electron chi connectivity index (χ1n) is 21.1. The molecule has 6 N–H and O–H groups in total. The third kappa shape index (κ3) is 12.3. The standard InChI is InChI=1S/C38H48N16O14/c39-49-44-13-22-27(56)29(58)26(48-53-43)36(64-22)66-32-23(16-55)65-37(31(32)60)68-34-30(59)24(46-51-41)28(57)25(47-52-42)33(34)67-35-21(45-50-40)12-11-20(63-35)15-54(14-18-7-3-1-4-8-18)38(61)62-17-19-9-5-2-6-10-19/h1-10,20-37,55-60H,11-17H2/t20-,21+,22-,23+,24+,25-,26+,27+,28+,29+,30-,31+,32+,33+,34+,35+,36+,37-/m0/s1. The molecular weight excluding hydrogens is 905 g/mol. The fraction of sp³-hybridized carbons (Fsp3) is 0.658. The highest BCUT2D eigenvalue weighted by atomic mass is 16.8. The van der Waals surface area contributed by atoms with Gasteiger partial charge >= 0.3 is 6.09 Å². The highest BCUT2D eigenvalue weighted by Gasteiger charge is 2.57. The molecule has 2 aromatic carbocycles. The normalized spacial score (nSPS) is 35.4. The highest BCUT2D eigenvalue weighted by Crippen LogP contribution is 2.38. The Labute approximate surface area is 384 Å². The molecule has 364 valence electrons. The summed E-state index contributed by atoms with van der Waals surface area (Å²) in [6.45, 7) is -1.41. The van der Waals surface area contributed by atoms with Crippen LogP contribution in [0.1, 0.15) is 24.0 Å². The van der Waals surface area contributed by atoms with E-state index in [1.807, 2.05) is 24.3 Å². The number of ether oxygens (including phenoxy) is 7. The molecule has 18 atom stereocenters. The van der Waals surface area contributed by atoms with Gasteiger partial charge in [-0.15, -0.1) is 0 Å². The van der Waals surface area contributed by atoms with Gasteiger partial charge in [-0.05, 0) is 51.6 Å². The monoisotopic (exact) mass is 952 g/mol. The summed E-state index contributed by atoms with van der Waals surface area (Å²) in [4.78, 5) is 28.7. The number of carbonyl (C=O) groups is 1. The van der Waals surface area contributed by atoms with E-state index in [4.69, 9.17) is 38.7 Å². The summed E-state index contributed by atoms with van der Waals surface area (Å²) < 4.78 is 41.8. The van der Waals surface area contributed by atoms with Gasteiger partial charge in [0.15, 0.2) is 18.9 Å². The highest BCUT2D eigenvalue weighted by molar-refractivity contribution is 5.67. The molecule has 1 saturated carbocycles. The molecule has 68 heavy (non-hydrogen) atoms. The lowest BCUT2D eigenvalue weighted by Crippen LogP contribution is -2.66. The molecule has 4 fully saturated rings. The number of hydrogen-bond acceptors (Lipinski definition) is 19. The van der Waals surface area contributed by atoms with Crippen LogP contribution in [-0.2, 0) is 46.3 Å². The minimum absolute atomic E-state index is 0.0326. The van der Waals surface area contributed by atoms with E-state index < -0.39 is 129 Å². The fourth-order valence-electron chi connectivity index (χ4n) is 8.30. The van der Waals surface area contributed by atoms with E-state index >= 15 is 0 Å². The number of nitrogens with zero attached hydrogens (tertiary/aromatic N) is 16. The van der Waals surface area contributed by atoms with Crippen molar-refractivity contribution in [2.24, 2.45) is 25.6 Å². The van der Waals surface area contributed by atoms with Crippen molar-refractivity contribution in [3.63, 3.8) is 0 Å². The third-order valence-electron chi connectivity index (χ3n) is 11.7. The SMILES string of the molecule is [N-]=[N+]=NC[C@@H]1O[C@H](O[C@H]2[C@@H](O)[C@H](O[C@@H]3[C@@H](O)[C@H](N=[N+]=[N-])[C@@H](O)[C@H](N=[N+]=[N-])[C@H]3O[C@H]3O[C@H](CN(Cc4ccccc4)C(=O)OCc4ccccc4)CC[C@H]3N=[N+]=[N-])O[C@@H]2CO)[C@H](N=[N+]=[N-])[C@@H](O)[C@@H]1O. The fourth-order valence-corrected chi connectivity index (χ4v) is 8.30. The van der Waals surface area contributed by atoms with Crippen LogP contribution in [0, 0.1) is 0 Å². The summed E-state index contributed by atoms with van der Waals surface area (Å²) in [6, 6.07) is 11.7. The number of benzene rings is 2. The Kier molecular flexibility index (Phi) is 18.6. The van der Waals surface area contributed by atoms with Crippen LogP contribution in [-0.4, -0.2) is 172 Å². The lowest BCUT2D eigenvalue weighted by atomic mass is 9.81. The molecule has 3 aliphatic heterocycles. The Balaban J connectivity index is 1.27. The molecule has 3 heterocycles. The van der Waals surface area contributed by atoms with Gasteiger partial charge in [0.25, 0.3) is 0 Å². The van der Waals surface area contributed by atoms with Crippen molar-refractivity contribution in [2.75, 3.05) is 19.7 Å². The number of aliphatic hydroxyl groups is 6. The number of rotatable bonds is 19. The lowest BCUT2D eigenvalue weighted by molar-refractivity contribution is -0.296. The van der Waals surface area contributed by atoms with Gasteiger partial charge in [0.2, 0.25) is 0 Å². The molecule has 1 amide bonds. The molecule has 30 heteroatoms. The first-order valence-corrected chi connectivity index (χ1v) is 21.1. The van der Waals surface area contributed by atoms with E-state index in [9.17, 15) is 57.6 Å². The molecule has 2 aromatic rings. The molecule has 0 aromatic heterocycles. The zero-order chi connectivity index (χ0) is 48.7. The Morgan fingerprint density at radius 3 is 1.87 bits per heavy atom. The molecule has 0 bridgehead atoms. The molecule has 30 nitrogen and oxygen atoms in total. The van der Waals surface area contributed by atoms with Gasteiger partial charge in [-0.3, -0.25) is 0 Å². The molecule has 3 saturated heterocycles. The van der Waals surface area contributed by atoms with Crippen molar-refractivity contribution in [1.29, 1.82) is 0 Å². The van der Waals surface area contributed by atoms with Crippen molar-refractivity contribution in [1.82, 2.24) is 4.90 Å². The van der Waals surface area contributed by atoms with Crippen LogP contribution in [0.15, 0.2) is 86.2 Å². The zero-order valence-electron chi connectivity index (χ0n) is 35.7. The quantitative estimate of drug-likeness (QED) is 0.0670. The molecular formula is C38H48N16O14. The second-order valence-corrected chi connectivity index (χ2v) is 15.9. The molecule has 0 spiro atoms. The van der Waals surface area contributed by atoms with E-state index in [2.05, 4.69) is 50.1 Å². The summed E-state index contributed by atoms with van der Waals surface area (Å²) in [6.07, 6.45) is -24.2. The summed E-state index contributed by atoms with van der Waals surface area (Å²) in [5.74, 6) is 0. The van der Waals surface area contributed by atoms with Crippen molar-refractivity contribution < 1.29 is 68.6 Å². The Morgan fingerprint density at radius 1 is 0.618 bits per heavy atom. The maximum atomic E-state index is 13.6. The van der Waals surface area contributed by atoms with Crippen LogP contribution in [0.4, 0.5) is 4.79 Å². The Bertz CT molecular complexity index is 2230. The topological polar surface area (TPSA) is 450 Å². The van der Waals surface area contributed by atoms with Crippen LogP contribution in [0.5, 0.6) is 0 Å². The summed E-state index contributed by atoms with van der Waals surface area (Å²) in [5.41, 5.74) is 48.1. The van der Waals surface area contributed by atoms with E-state index in [-0.39, 0.29) is 32.5 Å². The van der Waals surface area contributed by atoms with Gasteiger partial charge in [-0.25, -0.2) is 4.79 Å². The van der Waals surface area contributed by atoms with E-state index in [0.717, 1.165) is 11.1 Å². The largest absolute Gasteiger partial charge is 0.445 e. The molecule has 6 rings (SSSR count). The number of aliphatic hydroxyl groups excluding tert-OH is 6. The van der Waals surface area contributed by atoms with Crippen LogP contribution in [0.3, 0.4) is 0 Å². The molecule has 1 aliphatic carbocycles. The molecule has 4 aliphatic rings. The van der Waals surface area contributed by atoms with E-state index in [1.165, 1.54) is 4.90 Å². The average Bonchev–Trinajstić information content (AvgIpc) is 3.64. The lowest BCUT2D eigenvalue weighted by Gasteiger charge is -2.47. The van der Waals surface area contributed by atoms with E-state index in [1.54, 1.807) is 36.4 Å². The first-order chi connectivity index (χ1) is 33.0. The maximum Gasteiger partial charge on any atom is 0.410 e. The number of carbonyl (C=O) groups excluding carboxylic acids is 1. The van der Waals surface area contributed by atoms with Crippen LogP contribution in [0.25, 0.3) is 52.2 Å². The number of amides is 1. The van der Waals surface area contributed by atoms with Gasteiger partial charge in [-0.1, -0.05) is 86.2 Å². The second-order valence-electron chi connectivity index (χ2n) is 15.9. The minimum atomic E-state index is -2.04. The predicted molar refractivity (Wildman–Crippen MR) is 226 cm³/mol. The minimum Gasteiger partial charge on any atom is -0.445 e.